The maximum absolute atomic E-state index is 11.9. The van der Waals surface area contributed by atoms with Crippen LogP contribution in [-0.4, -0.2) is 78.1 Å². The van der Waals surface area contributed by atoms with Crippen molar-refractivity contribution in [3.05, 3.63) is 90.0 Å². The van der Waals surface area contributed by atoms with Crippen molar-refractivity contribution in [1.82, 2.24) is 19.8 Å². The van der Waals surface area contributed by atoms with Gasteiger partial charge in [0.2, 0.25) is 5.90 Å². The van der Waals surface area contributed by atoms with E-state index in [1.165, 1.54) is 12.1 Å². The van der Waals surface area contributed by atoms with Crippen LogP contribution >= 0.6 is 0 Å². The van der Waals surface area contributed by atoms with Crippen molar-refractivity contribution in [2.45, 2.75) is 50.9 Å². The zero-order chi connectivity index (χ0) is 27.6. The monoisotopic (exact) mass is 606 g/mol. The molecule has 220 valence electrons. The van der Waals surface area contributed by atoms with E-state index in [0.717, 1.165) is 37.1 Å². The molecule has 0 spiro atoms. The molecule has 1 aliphatic carbocycles. The number of pyridine rings is 2. The fourth-order valence-electron chi connectivity index (χ4n) is 5.14. The summed E-state index contributed by atoms with van der Waals surface area (Å²) in [6, 6.07) is 17.1. The van der Waals surface area contributed by atoms with Gasteiger partial charge in [0.1, 0.15) is 0 Å². The minimum absolute atomic E-state index is 0. The molecule has 0 radical (unpaired) electrons. The normalized spacial score (nSPS) is 17.0. The molecule has 2 atom stereocenters. The average Bonchev–Trinajstić information content (AvgIpc) is 2.93. The van der Waals surface area contributed by atoms with Crippen molar-refractivity contribution in [3.63, 3.8) is 0 Å². The molecule has 1 saturated carbocycles. The molecule has 0 aliphatic heterocycles. The van der Waals surface area contributed by atoms with Gasteiger partial charge in [-0.05, 0) is 61.4 Å². The molecule has 1 aromatic carbocycles. The number of aliphatic imine (C=N–C) groups is 1. The Hall–Kier alpha value is -3.67. The van der Waals surface area contributed by atoms with Gasteiger partial charge in [0.15, 0.2) is 0 Å². The van der Waals surface area contributed by atoms with Crippen molar-refractivity contribution in [1.29, 1.82) is 0 Å². The van der Waals surface area contributed by atoms with E-state index in [-0.39, 0.29) is 59.2 Å². The van der Waals surface area contributed by atoms with Gasteiger partial charge in [0.25, 0.3) is 0 Å². The molecule has 4 rings (SSSR count). The quantitative estimate of drug-likeness (QED) is 0.121. The SMILES string of the molecule is O=C(O)CN(Cc1ccccn1)C1CCCC[C@@H]1N(CC(O)=Nc1ccc(C(=O)O)cc1)Cc1ccccn1.[Fe].[OH3+]. The first kappa shape index (κ1) is 33.5. The molecule has 41 heavy (non-hydrogen) atoms. The number of carboxylic acid groups (broad SMARTS) is 2. The Labute approximate surface area is 249 Å². The molecule has 0 amide bonds. The minimum Gasteiger partial charge on any atom is -0.495 e. The first-order valence-corrected chi connectivity index (χ1v) is 13.0. The molecule has 2 aromatic heterocycles. The fraction of sp³-hybridized carbons (Fsp3) is 0.345. The smallest absolute Gasteiger partial charge is 0.335 e. The third-order valence-electron chi connectivity index (χ3n) is 6.87. The number of nitrogens with zero attached hydrogens (tertiary/aromatic N) is 5. The zero-order valence-corrected chi connectivity index (χ0v) is 23.7. The summed E-state index contributed by atoms with van der Waals surface area (Å²) in [6.45, 7) is 0.861. The molecule has 1 unspecified atom stereocenters. The van der Waals surface area contributed by atoms with Gasteiger partial charge in [-0.25, -0.2) is 9.79 Å². The number of rotatable bonds is 12. The number of aliphatic hydroxyl groups is 1. The number of carboxylic acids is 2. The molecule has 1 fully saturated rings. The van der Waals surface area contributed by atoms with Crippen LogP contribution in [0.25, 0.3) is 0 Å². The number of aromatic nitrogens is 2. The molecular formula is C29H36FeN5O6+. The van der Waals surface area contributed by atoms with E-state index in [0.29, 0.717) is 18.8 Å². The molecule has 3 aromatic rings. The van der Waals surface area contributed by atoms with E-state index in [2.05, 4.69) is 19.9 Å². The third-order valence-corrected chi connectivity index (χ3v) is 6.87. The van der Waals surface area contributed by atoms with Crippen LogP contribution in [0.4, 0.5) is 5.69 Å². The van der Waals surface area contributed by atoms with Crippen molar-refractivity contribution < 1.29 is 47.5 Å². The van der Waals surface area contributed by atoms with Crippen molar-refractivity contribution >= 4 is 23.5 Å². The van der Waals surface area contributed by atoms with Crippen molar-refractivity contribution in [3.8, 4) is 0 Å². The second-order valence-electron chi connectivity index (χ2n) is 9.65. The van der Waals surface area contributed by atoms with Crippen LogP contribution in [-0.2, 0) is 40.4 Å². The molecule has 2 heterocycles. The van der Waals surface area contributed by atoms with Gasteiger partial charge in [-0.3, -0.25) is 24.6 Å². The molecule has 0 saturated heterocycles. The predicted octanol–water partition coefficient (Wildman–Crippen LogP) is 3.24. The Morgan fingerprint density at radius 3 is 1.73 bits per heavy atom. The Kier molecular flexibility index (Phi) is 13.5. The molecule has 11 nitrogen and oxygen atoms in total. The summed E-state index contributed by atoms with van der Waals surface area (Å²) in [6.07, 6.45) is 7.04. The van der Waals surface area contributed by atoms with E-state index >= 15 is 0 Å². The number of aliphatic carboxylic acids is 1. The van der Waals surface area contributed by atoms with Crippen molar-refractivity contribution in [2.75, 3.05) is 13.1 Å². The molecule has 6 N–H and O–H groups in total. The fourth-order valence-corrected chi connectivity index (χ4v) is 5.14. The number of carbonyl (C=O) groups is 2. The van der Waals surface area contributed by atoms with Crippen LogP contribution in [0.5, 0.6) is 0 Å². The number of hydrogen-bond donors (Lipinski definition) is 3. The number of hydrogen-bond acceptors (Lipinski definition) is 7. The average molecular weight is 606 g/mol. The molecule has 12 heteroatoms. The zero-order valence-electron chi connectivity index (χ0n) is 22.6. The van der Waals surface area contributed by atoms with Crippen molar-refractivity contribution in [2.24, 2.45) is 4.99 Å². The third kappa shape index (κ3) is 10.0. The van der Waals surface area contributed by atoms with E-state index in [4.69, 9.17) is 5.11 Å². The van der Waals surface area contributed by atoms with Crippen LogP contribution in [0.15, 0.2) is 78.0 Å². The first-order chi connectivity index (χ1) is 18.9. The van der Waals surface area contributed by atoms with Gasteiger partial charge in [-0.1, -0.05) is 25.0 Å². The van der Waals surface area contributed by atoms with Gasteiger partial charge in [-0.2, -0.15) is 0 Å². The Bertz CT molecular complexity index is 1260. The second-order valence-corrected chi connectivity index (χ2v) is 9.65. The summed E-state index contributed by atoms with van der Waals surface area (Å²) in [5, 5.41) is 29.8. The van der Waals surface area contributed by atoms with Gasteiger partial charge in [0, 0.05) is 54.6 Å². The van der Waals surface area contributed by atoms with Crippen LogP contribution < -0.4 is 0 Å². The van der Waals surface area contributed by atoms with Gasteiger partial charge >= 0.3 is 11.9 Å². The van der Waals surface area contributed by atoms with Gasteiger partial charge in [-0.15, -0.1) is 0 Å². The van der Waals surface area contributed by atoms with Crippen LogP contribution in [0.3, 0.4) is 0 Å². The van der Waals surface area contributed by atoms with E-state index in [9.17, 15) is 19.8 Å². The van der Waals surface area contributed by atoms with E-state index in [1.807, 2.05) is 41.3 Å². The topological polar surface area (TPSA) is 172 Å². The number of aliphatic hydroxyl groups excluding tert-OH is 1. The molecular weight excluding hydrogens is 570 g/mol. The number of aromatic carboxylic acids is 1. The minimum atomic E-state index is -1.03. The molecule has 1 aliphatic rings. The summed E-state index contributed by atoms with van der Waals surface area (Å²) in [4.78, 5) is 40.3. The van der Waals surface area contributed by atoms with Crippen LogP contribution in [0.1, 0.15) is 47.4 Å². The van der Waals surface area contributed by atoms with Gasteiger partial charge < -0.3 is 20.8 Å². The summed E-state index contributed by atoms with van der Waals surface area (Å²) < 4.78 is 0. The Morgan fingerprint density at radius 2 is 1.29 bits per heavy atom. The molecule has 0 bridgehead atoms. The predicted molar refractivity (Wildman–Crippen MR) is 151 cm³/mol. The Morgan fingerprint density at radius 1 is 0.780 bits per heavy atom. The first-order valence-electron chi connectivity index (χ1n) is 13.0. The second kappa shape index (κ2) is 16.6. The van der Waals surface area contributed by atoms with Crippen LogP contribution in [0.2, 0.25) is 0 Å². The van der Waals surface area contributed by atoms with E-state index < -0.39 is 11.9 Å². The van der Waals surface area contributed by atoms with Gasteiger partial charge in [0.05, 0.1) is 35.7 Å². The maximum atomic E-state index is 11.9. The Balaban J connectivity index is 0.00000294. The maximum Gasteiger partial charge on any atom is 0.335 e. The standard InChI is InChI=1S/C29H33N5O5.Fe.H2O/c35-27(32-22-13-11-21(12-14-22)29(38)39)19-33(17-23-7-3-5-15-30-23)25-9-1-2-10-26(25)34(20-28(36)37)18-24-8-4-6-16-31-24;;/h3-8,11-16,25-26H,1-2,9-10,17-20H2,(H,32,35)(H,36,37)(H,38,39);;1H2/p+1/t25-,26?;;/m0../s1. The summed E-state index contributed by atoms with van der Waals surface area (Å²) in [5.74, 6) is -2.05. The van der Waals surface area contributed by atoms with Crippen LogP contribution in [0, 0.1) is 0 Å². The summed E-state index contributed by atoms with van der Waals surface area (Å²) in [7, 11) is 0. The van der Waals surface area contributed by atoms with E-state index in [1.54, 1.807) is 24.5 Å². The summed E-state index contributed by atoms with van der Waals surface area (Å²) >= 11 is 0. The number of benzene rings is 1. The largest absolute Gasteiger partial charge is 0.495 e. The summed E-state index contributed by atoms with van der Waals surface area (Å²) in [5.41, 5.74) is 2.21.